The third-order valence-electron chi connectivity index (χ3n) is 3.71. The van der Waals surface area contributed by atoms with E-state index in [0.29, 0.717) is 5.56 Å². The molecule has 0 atom stereocenters. The van der Waals surface area contributed by atoms with Gasteiger partial charge in [0.05, 0.1) is 0 Å². The monoisotopic (exact) mass is 255 g/mol. The first-order chi connectivity index (χ1) is 8.50. The molecule has 0 bridgehead atoms. The summed E-state index contributed by atoms with van der Waals surface area (Å²) in [6.45, 7) is 0. The van der Waals surface area contributed by atoms with Crippen LogP contribution in [0.3, 0.4) is 0 Å². The highest BCUT2D eigenvalue weighted by molar-refractivity contribution is 5.51. The fraction of sp³-hybridized carbons (Fsp3) is 0.538. The lowest BCUT2D eigenvalue weighted by Crippen LogP contribution is -2.39. The van der Waals surface area contributed by atoms with E-state index in [1.54, 1.807) is 12.1 Å². The maximum absolute atomic E-state index is 13.1. The molecule has 98 valence electrons. The molecular weight excluding hydrogens is 240 g/mol. The number of ether oxygens (including phenoxy) is 2. The van der Waals surface area contributed by atoms with Crippen LogP contribution in [0.4, 0.5) is 8.78 Å². The summed E-state index contributed by atoms with van der Waals surface area (Å²) in [5.41, 5.74) is 6.42. The molecule has 0 radical (unpaired) electrons. The molecule has 1 aromatic carbocycles. The van der Waals surface area contributed by atoms with Crippen LogP contribution in [-0.4, -0.2) is 6.29 Å². The number of fused-ring (bicyclic) bond motifs is 1. The summed E-state index contributed by atoms with van der Waals surface area (Å²) < 4.78 is 35.3. The van der Waals surface area contributed by atoms with E-state index < -0.39 is 11.8 Å². The molecule has 3 rings (SSSR count). The SMILES string of the molecule is NC1(c2cccc3c2OC(F)(F)O3)CCCCC1. The molecule has 5 heteroatoms. The first-order valence-corrected chi connectivity index (χ1v) is 6.18. The normalized spacial score (nSPS) is 23.9. The molecule has 1 heterocycles. The third kappa shape index (κ3) is 1.82. The largest absolute Gasteiger partial charge is 0.586 e. The fourth-order valence-electron chi connectivity index (χ4n) is 2.81. The molecule has 0 unspecified atom stereocenters. The van der Waals surface area contributed by atoms with E-state index in [4.69, 9.17) is 5.73 Å². The lowest BCUT2D eigenvalue weighted by molar-refractivity contribution is -0.287. The standard InChI is InChI=1S/C13H15F2NO2/c14-13(15)17-10-6-4-5-9(11(10)18-13)12(16)7-2-1-3-8-12/h4-6H,1-3,7-8,16H2. The van der Waals surface area contributed by atoms with Gasteiger partial charge in [0, 0.05) is 11.1 Å². The lowest BCUT2D eigenvalue weighted by atomic mass is 9.77. The number of nitrogens with two attached hydrogens (primary N) is 1. The molecule has 2 aliphatic rings. The van der Waals surface area contributed by atoms with Crippen molar-refractivity contribution in [1.29, 1.82) is 0 Å². The summed E-state index contributed by atoms with van der Waals surface area (Å²) in [5, 5.41) is 0. The maximum Gasteiger partial charge on any atom is 0.586 e. The minimum absolute atomic E-state index is 0.0768. The molecule has 3 nitrogen and oxygen atoms in total. The number of para-hydroxylation sites is 1. The van der Waals surface area contributed by atoms with Crippen LogP contribution < -0.4 is 15.2 Å². The van der Waals surface area contributed by atoms with Crippen LogP contribution >= 0.6 is 0 Å². The van der Waals surface area contributed by atoms with Crippen molar-refractivity contribution in [3.05, 3.63) is 23.8 Å². The van der Waals surface area contributed by atoms with Gasteiger partial charge in [0.15, 0.2) is 11.5 Å². The molecular formula is C13H15F2NO2. The van der Waals surface area contributed by atoms with E-state index in [9.17, 15) is 8.78 Å². The molecule has 2 N–H and O–H groups in total. The summed E-state index contributed by atoms with van der Waals surface area (Å²) >= 11 is 0. The number of hydrogen-bond acceptors (Lipinski definition) is 3. The van der Waals surface area contributed by atoms with Gasteiger partial charge in [-0.25, -0.2) is 0 Å². The summed E-state index contributed by atoms with van der Waals surface area (Å²) in [6, 6.07) is 4.92. The van der Waals surface area contributed by atoms with Crippen LogP contribution in [0.15, 0.2) is 18.2 Å². The summed E-state index contributed by atoms with van der Waals surface area (Å²) in [6.07, 6.45) is 1.16. The molecule has 0 aromatic heterocycles. The zero-order valence-corrected chi connectivity index (χ0v) is 9.92. The summed E-state index contributed by atoms with van der Waals surface area (Å²) in [4.78, 5) is 0. The van der Waals surface area contributed by atoms with Gasteiger partial charge >= 0.3 is 6.29 Å². The Hall–Kier alpha value is -1.36. The Morgan fingerprint density at radius 2 is 1.78 bits per heavy atom. The van der Waals surface area contributed by atoms with Crippen molar-refractivity contribution in [3.8, 4) is 11.5 Å². The molecule has 0 spiro atoms. The number of hydrogen-bond donors (Lipinski definition) is 1. The van der Waals surface area contributed by atoms with Crippen molar-refractivity contribution >= 4 is 0 Å². The Bertz CT molecular complexity index is 470. The zero-order chi connectivity index (χ0) is 12.8. The predicted octanol–water partition coefficient (Wildman–Crippen LogP) is 3.13. The minimum atomic E-state index is -3.58. The van der Waals surface area contributed by atoms with E-state index in [-0.39, 0.29) is 11.5 Å². The highest BCUT2D eigenvalue weighted by Crippen LogP contribution is 2.48. The van der Waals surface area contributed by atoms with Crippen molar-refractivity contribution in [3.63, 3.8) is 0 Å². The average molecular weight is 255 g/mol. The molecule has 0 saturated heterocycles. The smallest absolute Gasteiger partial charge is 0.395 e. The summed E-state index contributed by atoms with van der Waals surface area (Å²) in [5.74, 6) is 0.180. The third-order valence-corrected chi connectivity index (χ3v) is 3.71. The van der Waals surface area contributed by atoms with Crippen LogP contribution in [0.25, 0.3) is 0 Å². The second kappa shape index (κ2) is 3.82. The first-order valence-electron chi connectivity index (χ1n) is 6.18. The van der Waals surface area contributed by atoms with Gasteiger partial charge in [-0.3, -0.25) is 0 Å². The molecule has 1 fully saturated rings. The molecule has 1 aromatic rings. The van der Waals surface area contributed by atoms with Gasteiger partial charge in [-0.15, -0.1) is 8.78 Å². The zero-order valence-electron chi connectivity index (χ0n) is 9.92. The molecule has 1 aliphatic heterocycles. The van der Waals surface area contributed by atoms with E-state index in [2.05, 4.69) is 9.47 Å². The maximum atomic E-state index is 13.1. The van der Waals surface area contributed by atoms with Gasteiger partial charge in [-0.1, -0.05) is 31.4 Å². The van der Waals surface area contributed by atoms with Crippen molar-refractivity contribution < 1.29 is 18.3 Å². The van der Waals surface area contributed by atoms with Crippen molar-refractivity contribution in [2.75, 3.05) is 0 Å². The van der Waals surface area contributed by atoms with Crippen LogP contribution in [0, 0.1) is 0 Å². The molecule has 0 amide bonds. The number of benzene rings is 1. The van der Waals surface area contributed by atoms with Gasteiger partial charge in [-0.2, -0.15) is 0 Å². The molecule has 18 heavy (non-hydrogen) atoms. The average Bonchev–Trinajstić information content (AvgIpc) is 2.63. The molecule has 1 aliphatic carbocycles. The lowest BCUT2D eigenvalue weighted by Gasteiger charge is -2.34. The fourth-order valence-corrected chi connectivity index (χ4v) is 2.81. The quantitative estimate of drug-likeness (QED) is 0.838. The van der Waals surface area contributed by atoms with Gasteiger partial charge in [0.25, 0.3) is 0 Å². The Balaban J connectivity index is 2.02. The Morgan fingerprint density at radius 1 is 1.06 bits per heavy atom. The topological polar surface area (TPSA) is 44.5 Å². The van der Waals surface area contributed by atoms with Gasteiger partial charge in [0.1, 0.15) is 0 Å². The van der Waals surface area contributed by atoms with Crippen molar-refractivity contribution in [2.24, 2.45) is 5.73 Å². The van der Waals surface area contributed by atoms with Crippen LogP contribution in [0.1, 0.15) is 37.7 Å². The van der Waals surface area contributed by atoms with Gasteiger partial charge in [-0.05, 0) is 18.9 Å². The highest BCUT2D eigenvalue weighted by atomic mass is 19.3. The van der Waals surface area contributed by atoms with Gasteiger partial charge in [0.2, 0.25) is 0 Å². The van der Waals surface area contributed by atoms with Gasteiger partial charge < -0.3 is 15.2 Å². The highest BCUT2D eigenvalue weighted by Gasteiger charge is 2.46. The van der Waals surface area contributed by atoms with E-state index in [1.807, 2.05) is 0 Å². The van der Waals surface area contributed by atoms with Crippen molar-refractivity contribution in [1.82, 2.24) is 0 Å². The van der Waals surface area contributed by atoms with Crippen molar-refractivity contribution in [2.45, 2.75) is 43.9 Å². The van der Waals surface area contributed by atoms with Crippen LogP contribution in [0.5, 0.6) is 11.5 Å². The second-order valence-corrected chi connectivity index (χ2v) is 5.02. The van der Waals surface area contributed by atoms with Crippen LogP contribution in [0.2, 0.25) is 0 Å². The second-order valence-electron chi connectivity index (χ2n) is 5.02. The number of rotatable bonds is 1. The molecule has 1 saturated carbocycles. The Kier molecular flexibility index (Phi) is 2.48. The van der Waals surface area contributed by atoms with E-state index in [0.717, 1.165) is 32.1 Å². The number of halogens is 2. The van der Waals surface area contributed by atoms with Crippen LogP contribution in [-0.2, 0) is 5.54 Å². The Morgan fingerprint density at radius 3 is 2.50 bits per heavy atom. The predicted molar refractivity (Wildman–Crippen MR) is 61.6 cm³/mol. The minimum Gasteiger partial charge on any atom is -0.395 e. The summed E-state index contributed by atoms with van der Waals surface area (Å²) in [7, 11) is 0. The van der Waals surface area contributed by atoms with E-state index in [1.165, 1.54) is 6.07 Å². The number of alkyl halides is 2. The first kappa shape index (κ1) is 11.7. The Labute approximate surface area is 104 Å². The van der Waals surface area contributed by atoms with E-state index >= 15 is 0 Å².